The van der Waals surface area contributed by atoms with Gasteiger partial charge in [-0.15, -0.1) is 0 Å². The number of ether oxygens (including phenoxy) is 1. The van der Waals surface area contributed by atoms with E-state index in [1.165, 1.54) is 18.4 Å². The third kappa shape index (κ3) is 5.95. The molecule has 7 heteroatoms. The van der Waals surface area contributed by atoms with Crippen molar-refractivity contribution in [2.75, 3.05) is 32.1 Å². The third-order valence-corrected chi connectivity index (χ3v) is 6.10. The van der Waals surface area contributed by atoms with Crippen molar-refractivity contribution in [2.45, 2.75) is 70.7 Å². The Morgan fingerprint density at radius 3 is 2.57 bits per heavy atom. The van der Waals surface area contributed by atoms with Gasteiger partial charge in [0.1, 0.15) is 6.04 Å². The van der Waals surface area contributed by atoms with Gasteiger partial charge in [-0.25, -0.2) is 4.79 Å². The van der Waals surface area contributed by atoms with Gasteiger partial charge in [0, 0.05) is 45.0 Å². The van der Waals surface area contributed by atoms with E-state index in [0.717, 1.165) is 38.2 Å². The van der Waals surface area contributed by atoms with Crippen LogP contribution in [0.2, 0.25) is 0 Å². The molecule has 3 rings (SSSR count). The SMILES string of the molecule is CNC(=O)[C@H]1CCCN1C(=O)Nc1ccc(CN(C[C@H]2CCCCO2)C(C)C)cc1. The zero-order valence-electron chi connectivity index (χ0n) is 18.5. The fraction of sp³-hybridized carbons (Fsp3) is 0.652. The van der Waals surface area contributed by atoms with Crippen LogP contribution in [0.3, 0.4) is 0 Å². The first-order valence-electron chi connectivity index (χ1n) is 11.2. The molecule has 0 aliphatic carbocycles. The van der Waals surface area contributed by atoms with E-state index in [1.807, 2.05) is 12.1 Å². The van der Waals surface area contributed by atoms with E-state index < -0.39 is 0 Å². The van der Waals surface area contributed by atoms with Crippen LogP contribution in [0.1, 0.15) is 51.5 Å². The first-order valence-corrected chi connectivity index (χ1v) is 11.2. The van der Waals surface area contributed by atoms with Crippen molar-refractivity contribution < 1.29 is 14.3 Å². The molecular formula is C23H36N4O3. The number of carbonyl (C=O) groups excluding carboxylic acids is 2. The zero-order chi connectivity index (χ0) is 21.5. The number of benzene rings is 1. The summed E-state index contributed by atoms with van der Waals surface area (Å²) in [4.78, 5) is 28.7. The standard InChI is InChI=1S/C23H36N4O3/c1-17(2)26(16-20-7-4-5-14-30-20)15-18-9-11-19(12-10-18)25-23(29)27-13-6-8-21(27)22(28)24-3/h9-12,17,20-21H,4-8,13-16H2,1-3H3,(H,24,28)(H,25,29)/t20-,21-/m1/s1. The van der Waals surface area contributed by atoms with Crippen LogP contribution in [0.25, 0.3) is 0 Å². The molecule has 1 aromatic carbocycles. The lowest BCUT2D eigenvalue weighted by Crippen LogP contribution is -2.46. The van der Waals surface area contributed by atoms with E-state index in [-0.39, 0.29) is 18.0 Å². The van der Waals surface area contributed by atoms with Gasteiger partial charge in [0.25, 0.3) is 0 Å². The number of anilines is 1. The molecule has 2 fully saturated rings. The summed E-state index contributed by atoms with van der Waals surface area (Å²) >= 11 is 0. The maximum absolute atomic E-state index is 12.6. The van der Waals surface area contributed by atoms with Crippen molar-refractivity contribution in [3.05, 3.63) is 29.8 Å². The number of nitrogens with zero attached hydrogens (tertiary/aromatic N) is 2. The van der Waals surface area contributed by atoms with Crippen molar-refractivity contribution in [1.82, 2.24) is 15.1 Å². The summed E-state index contributed by atoms with van der Waals surface area (Å²) in [6.45, 7) is 7.73. The van der Waals surface area contributed by atoms with Crippen molar-refractivity contribution >= 4 is 17.6 Å². The molecule has 0 bridgehead atoms. The maximum atomic E-state index is 12.6. The van der Waals surface area contributed by atoms with Gasteiger partial charge in [-0.3, -0.25) is 9.69 Å². The summed E-state index contributed by atoms with van der Waals surface area (Å²) in [7, 11) is 1.61. The largest absolute Gasteiger partial charge is 0.377 e. The minimum Gasteiger partial charge on any atom is -0.377 e. The van der Waals surface area contributed by atoms with Crippen LogP contribution in [0.4, 0.5) is 10.5 Å². The topological polar surface area (TPSA) is 73.9 Å². The lowest BCUT2D eigenvalue weighted by Gasteiger charge is -2.32. The van der Waals surface area contributed by atoms with Gasteiger partial charge in [-0.2, -0.15) is 0 Å². The first-order chi connectivity index (χ1) is 14.5. The lowest BCUT2D eigenvalue weighted by atomic mass is 10.1. The lowest BCUT2D eigenvalue weighted by molar-refractivity contribution is -0.124. The number of hydrogen-bond acceptors (Lipinski definition) is 4. The Bertz CT molecular complexity index is 701. The number of rotatable bonds is 7. The number of amides is 3. The Labute approximate surface area is 180 Å². The number of nitrogens with one attached hydrogen (secondary N) is 2. The normalized spacial score (nSPS) is 21.8. The molecular weight excluding hydrogens is 380 g/mol. The summed E-state index contributed by atoms with van der Waals surface area (Å²) in [5, 5.41) is 5.58. The number of likely N-dealkylation sites (tertiary alicyclic amines) is 1. The highest BCUT2D eigenvalue weighted by molar-refractivity contribution is 5.94. The van der Waals surface area contributed by atoms with Gasteiger partial charge in [0.05, 0.1) is 6.10 Å². The molecule has 2 saturated heterocycles. The van der Waals surface area contributed by atoms with E-state index >= 15 is 0 Å². The van der Waals surface area contributed by atoms with Gasteiger partial charge in [0.2, 0.25) is 5.91 Å². The molecule has 7 nitrogen and oxygen atoms in total. The molecule has 2 N–H and O–H groups in total. The molecule has 0 radical (unpaired) electrons. The highest BCUT2D eigenvalue weighted by Crippen LogP contribution is 2.21. The highest BCUT2D eigenvalue weighted by Gasteiger charge is 2.33. The van der Waals surface area contributed by atoms with E-state index in [2.05, 4.69) is 41.5 Å². The average Bonchev–Trinajstić information content (AvgIpc) is 3.25. The second-order valence-electron chi connectivity index (χ2n) is 8.60. The highest BCUT2D eigenvalue weighted by atomic mass is 16.5. The van der Waals surface area contributed by atoms with Crippen molar-refractivity contribution in [3.8, 4) is 0 Å². The van der Waals surface area contributed by atoms with Crippen molar-refractivity contribution in [1.29, 1.82) is 0 Å². The Kier molecular flexibility index (Phi) is 8.10. The monoisotopic (exact) mass is 416 g/mol. The first kappa shape index (κ1) is 22.6. The zero-order valence-corrected chi connectivity index (χ0v) is 18.5. The minimum absolute atomic E-state index is 0.103. The maximum Gasteiger partial charge on any atom is 0.322 e. The Hall–Kier alpha value is -2.12. The number of carbonyl (C=O) groups is 2. The summed E-state index contributed by atoms with van der Waals surface area (Å²) in [5.74, 6) is -0.103. The van der Waals surface area contributed by atoms with Crippen molar-refractivity contribution in [3.63, 3.8) is 0 Å². The predicted octanol–water partition coefficient (Wildman–Crippen LogP) is 3.21. The number of urea groups is 1. The molecule has 2 aliphatic rings. The molecule has 0 unspecified atom stereocenters. The molecule has 30 heavy (non-hydrogen) atoms. The Morgan fingerprint density at radius 2 is 1.93 bits per heavy atom. The van der Waals surface area contributed by atoms with E-state index in [9.17, 15) is 9.59 Å². The van der Waals surface area contributed by atoms with E-state index in [1.54, 1.807) is 11.9 Å². The van der Waals surface area contributed by atoms with Gasteiger partial charge >= 0.3 is 6.03 Å². The van der Waals surface area contributed by atoms with Gasteiger partial charge in [0.15, 0.2) is 0 Å². The Morgan fingerprint density at radius 1 is 1.17 bits per heavy atom. The molecule has 0 aromatic heterocycles. The second-order valence-corrected chi connectivity index (χ2v) is 8.60. The third-order valence-electron chi connectivity index (χ3n) is 6.10. The molecule has 166 valence electrons. The summed E-state index contributed by atoms with van der Waals surface area (Å²) in [6, 6.07) is 7.84. The quantitative estimate of drug-likeness (QED) is 0.716. The van der Waals surface area contributed by atoms with Crippen LogP contribution in [0, 0.1) is 0 Å². The fourth-order valence-corrected chi connectivity index (χ4v) is 4.24. The van der Waals surface area contributed by atoms with Crippen LogP contribution in [0.15, 0.2) is 24.3 Å². The van der Waals surface area contributed by atoms with Gasteiger partial charge < -0.3 is 20.3 Å². The molecule has 3 amide bonds. The Balaban J connectivity index is 1.55. The van der Waals surface area contributed by atoms with Crippen LogP contribution in [-0.2, 0) is 16.1 Å². The van der Waals surface area contributed by atoms with Gasteiger partial charge in [-0.05, 0) is 63.6 Å². The molecule has 1 aromatic rings. The molecule has 0 spiro atoms. The van der Waals surface area contributed by atoms with Gasteiger partial charge in [-0.1, -0.05) is 12.1 Å². The van der Waals surface area contributed by atoms with Crippen molar-refractivity contribution in [2.24, 2.45) is 0 Å². The second kappa shape index (κ2) is 10.8. The van der Waals surface area contributed by atoms with Crippen LogP contribution in [0.5, 0.6) is 0 Å². The minimum atomic E-state index is -0.379. The number of likely N-dealkylation sites (N-methyl/N-ethyl adjacent to an activating group) is 1. The average molecular weight is 417 g/mol. The molecule has 2 heterocycles. The summed E-state index contributed by atoms with van der Waals surface area (Å²) in [5.41, 5.74) is 1.96. The van der Waals surface area contributed by atoms with E-state index in [0.29, 0.717) is 25.1 Å². The van der Waals surface area contributed by atoms with Crippen LogP contribution >= 0.6 is 0 Å². The molecule has 0 saturated carbocycles. The summed E-state index contributed by atoms with van der Waals surface area (Å²) in [6.07, 6.45) is 5.45. The summed E-state index contributed by atoms with van der Waals surface area (Å²) < 4.78 is 5.92. The molecule has 2 aliphatic heterocycles. The smallest absolute Gasteiger partial charge is 0.322 e. The molecule has 2 atom stereocenters. The van der Waals surface area contributed by atoms with Crippen LogP contribution < -0.4 is 10.6 Å². The predicted molar refractivity (Wildman–Crippen MR) is 118 cm³/mol. The number of hydrogen-bond donors (Lipinski definition) is 2. The van der Waals surface area contributed by atoms with E-state index in [4.69, 9.17) is 4.74 Å². The fourth-order valence-electron chi connectivity index (χ4n) is 4.24. The van der Waals surface area contributed by atoms with Crippen LogP contribution in [-0.4, -0.2) is 66.7 Å².